The summed E-state index contributed by atoms with van der Waals surface area (Å²) in [6, 6.07) is 27.5. The number of aryl methyl sites for hydroxylation is 4. The summed E-state index contributed by atoms with van der Waals surface area (Å²) in [5, 5.41) is 10.6. The van der Waals surface area contributed by atoms with Crippen LogP contribution in [0.2, 0.25) is 0 Å². The molecule has 0 aliphatic heterocycles. The maximum atomic E-state index is 2.34. The SMILES string of the molecule is Cc1ccc2/c(c1)=c1/cc(C)cc/c1=c1\ccc(C)c\c1=c1/cc(C)cc/c1=2. The van der Waals surface area contributed by atoms with E-state index < -0.39 is 0 Å². The Morgan fingerprint density at radius 2 is 0.500 bits per heavy atom. The quantitative estimate of drug-likeness (QED) is 0.300. The van der Waals surface area contributed by atoms with Crippen molar-refractivity contribution >= 4 is 0 Å². The molecule has 0 heterocycles. The average molecular weight is 361 g/mol. The van der Waals surface area contributed by atoms with Crippen molar-refractivity contribution in [2.75, 3.05) is 0 Å². The highest BCUT2D eigenvalue weighted by Gasteiger charge is 2.02. The van der Waals surface area contributed by atoms with Crippen molar-refractivity contribution in [2.24, 2.45) is 0 Å². The van der Waals surface area contributed by atoms with Gasteiger partial charge in [0.05, 0.1) is 0 Å². The number of rotatable bonds is 0. The summed E-state index contributed by atoms with van der Waals surface area (Å²) >= 11 is 0. The fourth-order valence-corrected chi connectivity index (χ4v) is 4.46. The predicted molar refractivity (Wildman–Crippen MR) is 115 cm³/mol. The normalized spacial score (nSPS) is 16.7. The molecule has 0 bridgehead atoms. The molecule has 1 aliphatic rings. The molecule has 0 N–H and O–H groups in total. The molecule has 4 aromatic rings. The third-order valence-electron chi connectivity index (χ3n) is 5.86. The van der Waals surface area contributed by atoms with Crippen LogP contribution < -0.4 is 0 Å². The molecule has 5 rings (SSSR count). The van der Waals surface area contributed by atoms with E-state index in [-0.39, 0.29) is 0 Å². The molecule has 0 atom stereocenters. The lowest BCUT2D eigenvalue weighted by molar-refractivity contribution is 1.24. The first-order valence-electron chi connectivity index (χ1n) is 9.95. The van der Waals surface area contributed by atoms with Gasteiger partial charge in [-0.25, -0.2) is 0 Å². The van der Waals surface area contributed by atoms with Crippen LogP contribution in [0.25, 0.3) is 0 Å². The third kappa shape index (κ3) is 2.60. The van der Waals surface area contributed by atoms with E-state index in [1.165, 1.54) is 64.0 Å². The highest BCUT2D eigenvalue weighted by Crippen LogP contribution is 2.16. The molecule has 0 heteroatoms. The van der Waals surface area contributed by atoms with Crippen LogP contribution in [0.4, 0.5) is 0 Å². The van der Waals surface area contributed by atoms with Crippen LogP contribution in [-0.4, -0.2) is 0 Å². The van der Waals surface area contributed by atoms with E-state index >= 15 is 0 Å². The van der Waals surface area contributed by atoms with Crippen LogP contribution in [0, 0.1) is 69.4 Å². The topological polar surface area (TPSA) is 0 Å². The lowest BCUT2D eigenvalue weighted by Crippen LogP contribution is -1.92. The molecule has 0 spiro atoms. The lowest BCUT2D eigenvalue weighted by Gasteiger charge is -2.06. The first kappa shape index (κ1) is 17.0. The second-order valence-electron chi connectivity index (χ2n) is 8.20. The minimum atomic E-state index is 1.30. The molecule has 0 saturated carbocycles. The van der Waals surface area contributed by atoms with Gasteiger partial charge in [0.2, 0.25) is 0 Å². The highest BCUT2D eigenvalue weighted by atomic mass is 14.1. The van der Waals surface area contributed by atoms with Crippen molar-refractivity contribution in [1.82, 2.24) is 0 Å². The van der Waals surface area contributed by atoms with Gasteiger partial charge in [-0.3, -0.25) is 0 Å². The van der Waals surface area contributed by atoms with Gasteiger partial charge in [0, 0.05) is 0 Å². The van der Waals surface area contributed by atoms with E-state index in [0.717, 1.165) is 0 Å². The van der Waals surface area contributed by atoms with Crippen molar-refractivity contribution in [3.8, 4) is 0 Å². The standard InChI is InChI=1S/C28H24/c1-17-5-9-21-22-10-6-19(3)15-27(22)28-16-20(4)8-12-24(28)23-11-7-18(2)14-26(23)25(21)13-17/h5-16H,1-4H3/b22-21-,24-23-,26-25-,28-27-. The largest absolute Gasteiger partial charge is 0.0587 e. The molecule has 0 radical (unpaired) electrons. The van der Waals surface area contributed by atoms with Crippen LogP contribution >= 0.6 is 0 Å². The van der Waals surface area contributed by atoms with Crippen LogP contribution in [-0.2, 0) is 0 Å². The Morgan fingerprint density at radius 1 is 0.286 bits per heavy atom. The fourth-order valence-electron chi connectivity index (χ4n) is 4.46. The van der Waals surface area contributed by atoms with Gasteiger partial charge in [0.25, 0.3) is 0 Å². The van der Waals surface area contributed by atoms with Gasteiger partial charge < -0.3 is 0 Å². The molecule has 0 fully saturated rings. The molecule has 136 valence electrons. The predicted octanol–water partition coefficient (Wildman–Crippen LogP) is 6.38. The minimum Gasteiger partial charge on any atom is -0.0587 e. The molecule has 0 unspecified atom stereocenters. The summed E-state index contributed by atoms with van der Waals surface area (Å²) < 4.78 is 0. The Morgan fingerprint density at radius 3 is 0.714 bits per heavy atom. The summed E-state index contributed by atoms with van der Waals surface area (Å²) in [6.07, 6.45) is 0. The molecule has 0 amide bonds. The molecule has 4 aromatic carbocycles. The zero-order valence-corrected chi connectivity index (χ0v) is 16.9. The van der Waals surface area contributed by atoms with Gasteiger partial charge in [0.1, 0.15) is 0 Å². The summed E-state index contributed by atoms with van der Waals surface area (Å²) in [5.74, 6) is 0. The van der Waals surface area contributed by atoms with E-state index in [9.17, 15) is 0 Å². The van der Waals surface area contributed by atoms with Gasteiger partial charge in [-0.15, -0.1) is 0 Å². The summed E-state index contributed by atoms with van der Waals surface area (Å²) in [4.78, 5) is 0. The van der Waals surface area contributed by atoms with Crippen molar-refractivity contribution in [1.29, 1.82) is 0 Å². The number of hydrogen-bond acceptors (Lipinski definition) is 0. The first-order valence-corrected chi connectivity index (χ1v) is 9.95. The van der Waals surface area contributed by atoms with Crippen LogP contribution in [0.3, 0.4) is 0 Å². The summed E-state index contributed by atoms with van der Waals surface area (Å²) in [6.45, 7) is 8.73. The van der Waals surface area contributed by atoms with Crippen LogP contribution in [0.15, 0.2) is 72.8 Å². The van der Waals surface area contributed by atoms with Gasteiger partial charge >= 0.3 is 0 Å². The molecular formula is C28H24. The third-order valence-corrected chi connectivity index (χ3v) is 5.86. The van der Waals surface area contributed by atoms with Crippen LogP contribution in [0.1, 0.15) is 22.3 Å². The van der Waals surface area contributed by atoms with Crippen LogP contribution in [0.5, 0.6) is 0 Å². The Hall–Kier alpha value is -3.12. The zero-order chi connectivity index (χ0) is 19.4. The van der Waals surface area contributed by atoms with E-state index in [4.69, 9.17) is 0 Å². The summed E-state index contributed by atoms with van der Waals surface area (Å²) in [5.41, 5.74) is 5.18. The number of fused-ring (bicyclic) bond motifs is 4. The van der Waals surface area contributed by atoms with E-state index in [0.29, 0.717) is 0 Å². The smallest absolute Gasteiger partial charge is 0.00962 e. The average Bonchev–Trinajstić information content (AvgIpc) is 2.67. The lowest BCUT2D eigenvalue weighted by atomic mass is 9.98. The van der Waals surface area contributed by atoms with E-state index in [1.807, 2.05) is 0 Å². The number of benzene rings is 4. The molecule has 0 aromatic heterocycles. The zero-order valence-electron chi connectivity index (χ0n) is 16.9. The van der Waals surface area contributed by atoms with Crippen molar-refractivity contribution < 1.29 is 0 Å². The Balaban J connectivity index is 2.42. The van der Waals surface area contributed by atoms with Crippen molar-refractivity contribution in [3.63, 3.8) is 0 Å². The maximum absolute atomic E-state index is 2.34. The Bertz CT molecular complexity index is 1390. The van der Waals surface area contributed by atoms with Gasteiger partial charge in [-0.1, -0.05) is 95.1 Å². The van der Waals surface area contributed by atoms with E-state index in [2.05, 4.69) is 100 Å². The minimum absolute atomic E-state index is 1.30. The second-order valence-corrected chi connectivity index (χ2v) is 8.20. The first-order chi connectivity index (χ1) is 13.5. The molecule has 1 aliphatic carbocycles. The van der Waals surface area contributed by atoms with Gasteiger partial charge in [-0.2, -0.15) is 0 Å². The molecular weight excluding hydrogens is 336 g/mol. The second kappa shape index (κ2) is 6.21. The van der Waals surface area contributed by atoms with Crippen molar-refractivity contribution in [2.45, 2.75) is 27.7 Å². The molecule has 28 heavy (non-hydrogen) atoms. The van der Waals surface area contributed by atoms with Crippen molar-refractivity contribution in [3.05, 3.63) is 137 Å². The monoisotopic (exact) mass is 360 g/mol. The fraction of sp³-hybridized carbons (Fsp3) is 0.143. The van der Waals surface area contributed by atoms with Gasteiger partial charge in [-0.05, 0) is 69.4 Å². The Kier molecular flexibility index (Phi) is 3.77. The number of hydrogen-bond donors (Lipinski definition) is 0. The highest BCUT2D eigenvalue weighted by molar-refractivity contribution is 5.34. The summed E-state index contributed by atoms with van der Waals surface area (Å²) in [7, 11) is 0. The van der Waals surface area contributed by atoms with E-state index in [1.54, 1.807) is 0 Å². The maximum Gasteiger partial charge on any atom is -0.00962 e. The van der Waals surface area contributed by atoms with Gasteiger partial charge in [0.15, 0.2) is 0 Å². The molecule has 0 nitrogen and oxygen atoms in total. The Labute approximate surface area is 164 Å². The molecule has 0 saturated heterocycles.